The molecule has 48 valence electrons. The molecule has 0 saturated carbocycles. The van der Waals surface area contributed by atoms with Crippen LogP contribution in [0.5, 0.6) is 0 Å². The number of hydrogen-bond donors (Lipinski definition) is 1. The van der Waals surface area contributed by atoms with Crippen molar-refractivity contribution < 1.29 is 0 Å². The predicted molar refractivity (Wildman–Crippen MR) is 37.1 cm³/mol. The Morgan fingerprint density at radius 3 is 2.50 bits per heavy atom. The lowest BCUT2D eigenvalue weighted by Gasteiger charge is -1.94. The second kappa shape index (κ2) is 4.62. The zero-order valence-electron chi connectivity index (χ0n) is 5.86. The summed E-state index contributed by atoms with van der Waals surface area (Å²) in [6.07, 6.45) is 1.03. The number of hydrazone groups is 1. The number of rotatable bonds is 3. The molecular formula is C6H14N2. The number of hydrogen-bond acceptors (Lipinski definition) is 2. The van der Waals surface area contributed by atoms with Gasteiger partial charge in [0.05, 0.1) is 0 Å². The van der Waals surface area contributed by atoms with Gasteiger partial charge in [-0.25, -0.2) is 0 Å². The lowest BCUT2D eigenvalue weighted by molar-refractivity contribution is 0.778. The van der Waals surface area contributed by atoms with Crippen LogP contribution in [-0.2, 0) is 0 Å². The van der Waals surface area contributed by atoms with Crippen LogP contribution < -0.4 is 5.43 Å². The van der Waals surface area contributed by atoms with Crippen molar-refractivity contribution in [3.63, 3.8) is 0 Å². The van der Waals surface area contributed by atoms with E-state index in [1.165, 1.54) is 0 Å². The van der Waals surface area contributed by atoms with E-state index in [-0.39, 0.29) is 0 Å². The quantitative estimate of drug-likeness (QED) is 0.435. The van der Waals surface area contributed by atoms with Crippen LogP contribution in [0.1, 0.15) is 27.2 Å². The molecular weight excluding hydrogens is 100 g/mol. The highest BCUT2D eigenvalue weighted by Crippen LogP contribution is 1.79. The Balaban J connectivity index is 3.26. The largest absolute Gasteiger partial charge is 0.310 e. The molecule has 0 aliphatic rings. The van der Waals surface area contributed by atoms with Crippen LogP contribution in [0.3, 0.4) is 0 Å². The van der Waals surface area contributed by atoms with Crippen LogP contribution in [-0.4, -0.2) is 12.3 Å². The molecule has 0 rings (SSSR count). The first kappa shape index (κ1) is 7.47. The minimum Gasteiger partial charge on any atom is -0.310 e. The van der Waals surface area contributed by atoms with Gasteiger partial charge in [-0.05, 0) is 20.3 Å². The third-order valence-electron chi connectivity index (χ3n) is 0.940. The standard InChI is InChI=1S/C6H14N2/c1-4-6(3)8-7-5-2/h7H,4-5H2,1-3H3/b8-6-. The molecule has 0 aromatic carbocycles. The minimum atomic E-state index is 0.914. The molecule has 0 spiro atoms. The van der Waals surface area contributed by atoms with Crippen molar-refractivity contribution in [2.45, 2.75) is 27.2 Å². The monoisotopic (exact) mass is 114 g/mol. The highest BCUT2D eigenvalue weighted by Gasteiger charge is 1.80. The lowest BCUT2D eigenvalue weighted by Crippen LogP contribution is -2.06. The van der Waals surface area contributed by atoms with Crippen molar-refractivity contribution in [3.05, 3.63) is 0 Å². The Hall–Kier alpha value is -0.530. The first-order chi connectivity index (χ1) is 3.81. The van der Waals surface area contributed by atoms with Crippen LogP contribution in [0, 0.1) is 0 Å². The average molecular weight is 114 g/mol. The van der Waals surface area contributed by atoms with E-state index < -0.39 is 0 Å². The molecule has 0 atom stereocenters. The number of nitrogens with one attached hydrogen (secondary N) is 1. The molecule has 0 aromatic heterocycles. The Kier molecular flexibility index (Phi) is 4.32. The van der Waals surface area contributed by atoms with E-state index in [1.54, 1.807) is 0 Å². The molecule has 0 fully saturated rings. The molecule has 0 saturated heterocycles. The highest BCUT2D eigenvalue weighted by molar-refractivity contribution is 5.81. The van der Waals surface area contributed by atoms with Crippen LogP contribution in [0.25, 0.3) is 0 Å². The first-order valence-corrected chi connectivity index (χ1v) is 3.07. The van der Waals surface area contributed by atoms with Crippen molar-refractivity contribution >= 4 is 5.71 Å². The van der Waals surface area contributed by atoms with E-state index in [0.29, 0.717) is 0 Å². The topological polar surface area (TPSA) is 24.4 Å². The van der Waals surface area contributed by atoms with E-state index in [9.17, 15) is 0 Å². The van der Waals surface area contributed by atoms with Gasteiger partial charge in [-0.15, -0.1) is 0 Å². The summed E-state index contributed by atoms with van der Waals surface area (Å²) >= 11 is 0. The van der Waals surface area contributed by atoms with Crippen LogP contribution in [0.2, 0.25) is 0 Å². The molecule has 1 N–H and O–H groups in total. The second-order valence-corrected chi connectivity index (χ2v) is 1.71. The smallest absolute Gasteiger partial charge is 0.0344 e. The van der Waals surface area contributed by atoms with Gasteiger partial charge in [0.2, 0.25) is 0 Å². The van der Waals surface area contributed by atoms with E-state index in [4.69, 9.17) is 0 Å². The Bertz CT molecular complexity index is 76.6. The summed E-state index contributed by atoms with van der Waals surface area (Å²) in [7, 11) is 0. The van der Waals surface area contributed by atoms with Crippen molar-refractivity contribution in [2.75, 3.05) is 6.54 Å². The maximum atomic E-state index is 4.03. The molecule has 2 heteroatoms. The summed E-state index contributed by atoms with van der Waals surface area (Å²) in [5.74, 6) is 0. The van der Waals surface area contributed by atoms with Gasteiger partial charge in [0.15, 0.2) is 0 Å². The molecule has 8 heavy (non-hydrogen) atoms. The van der Waals surface area contributed by atoms with Crippen LogP contribution in [0.15, 0.2) is 5.10 Å². The van der Waals surface area contributed by atoms with Gasteiger partial charge in [-0.3, -0.25) is 0 Å². The van der Waals surface area contributed by atoms with Gasteiger partial charge >= 0.3 is 0 Å². The molecule has 0 aromatic rings. The van der Waals surface area contributed by atoms with E-state index in [0.717, 1.165) is 18.7 Å². The minimum absolute atomic E-state index is 0.914. The SMILES string of the molecule is CCN/N=C(/C)CC. The lowest BCUT2D eigenvalue weighted by atomic mass is 10.3. The Labute approximate surface area is 51.0 Å². The van der Waals surface area contributed by atoms with Gasteiger partial charge < -0.3 is 5.43 Å². The number of nitrogens with zero attached hydrogens (tertiary/aromatic N) is 1. The van der Waals surface area contributed by atoms with Crippen molar-refractivity contribution in [1.82, 2.24) is 5.43 Å². The zero-order valence-corrected chi connectivity index (χ0v) is 5.86. The Morgan fingerprint density at radius 2 is 2.12 bits per heavy atom. The van der Waals surface area contributed by atoms with Gasteiger partial charge in [0.1, 0.15) is 0 Å². The van der Waals surface area contributed by atoms with E-state index >= 15 is 0 Å². The molecule has 0 amide bonds. The third-order valence-corrected chi connectivity index (χ3v) is 0.940. The van der Waals surface area contributed by atoms with Crippen molar-refractivity contribution in [1.29, 1.82) is 0 Å². The maximum absolute atomic E-state index is 4.03. The van der Waals surface area contributed by atoms with Gasteiger partial charge in [0.25, 0.3) is 0 Å². The normalized spacial score (nSPS) is 11.6. The fourth-order valence-electron chi connectivity index (χ4n) is 0.293. The van der Waals surface area contributed by atoms with Crippen molar-refractivity contribution in [3.8, 4) is 0 Å². The summed E-state index contributed by atoms with van der Waals surface area (Å²) in [6, 6.07) is 0. The molecule has 2 nitrogen and oxygen atoms in total. The molecule has 0 aliphatic heterocycles. The third kappa shape index (κ3) is 3.65. The summed E-state index contributed by atoms with van der Waals surface area (Å²) in [4.78, 5) is 0. The molecule has 0 heterocycles. The summed E-state index contributed by atoms with van der Waals surface area (Å²) in [6.45, 7) is 7.06. The second-order valence-electron chi connectivity index (χ2n) is 1.71. The fraction of sp³-hybridized carbons (Fsp3) is 0.833. The molecule has 0 bridgehead atoms. The maximum Gasteiger partial charge on any atom is 0.0344 e. The van der Waals surface area contributed by atoms with E-state index in [1.807, 2.05) is 13.8 Å². The summed E-state index contributed by atoms with van der Waals surface area (Å²) in [5, 5.41) is 4.03. The van der Waals surface area contributed by atoms with Gasteiger partial charge in [-0.1, -0.05) is 6.92 Å². The molecule has 0 unspecified atom stereocenters. The molecule has 0 radical (unpaired) electrons. The predicted octanol–water partition coefficient (Wildman–Crippen LogP) is 1.38. The van der Waals surface area contributed by atoms with Crippen LogP contribution >= 0.6 is 0 Å². The summed E-state index contributed by atoms with van der Waals surface area (Å²) < 4.78 is 0. The fourth-order valence-corrected chi connectivity index (χ4v) is 0.293. The zero-order chi connectivity index (χ0) is 6.41. The molecule has 0 aliphatic carbocycles. The van der Waals surface area contributed by atoms with Gasteiger partial charge in [-0.2, -0.15) is 5.10 Å². The van der Waals surface area contributed by atoms with Gasteiger partial charge in [0, 0.05) is 12.3 Å². The highest BCUT2D eigenvalue weighted by atomic mass is 15.3. The van der Waals surface area contributed by atoms with Crippen LogP contribution in [0.4, 0.5) is 0 Å². The Morgan fingerprint density at radius 1 is 1.50 bits per heavy atom. The average Bonchev–Trinajstić information content (AvgIpc) is 1.83. The van der Waals surface area contributed by atoms with E-state index in [2.05, 4.69) is 17.5 Å². The van der Waals surface area contributed by atoms with Crippen molar-refractivity contribution in [2.24, 2.45) is 5.10 Å². The summed E-state index contributed by atoms with van der Waals surface area (Å²) in [5.41, 5.74) is 4.05. The first-order valence-electron chi connectivity index (χ1n) is 3.07.